The molecule has 1 unspecified atom stereocenters. The monoisotopic (exact) mass is 378 g/mol. The third-order valence-electron chi connectivity index (χ3n) is 4.30. The first kappa shape index (κ1) is 17.4. The number of aliphatic imine (C=N–C) groups is 1. The third-order valence-corrected chi connectivity index (χ3v) is 5.38. The van der Waals surface area contributed by atoms with Gasteiger partial charge in [0.2, 0.25) is 5.91 Å². The number of rotatable bonds is 4. The maximum atomic E-state index is 13.0. The Bertz CT molecular complexity index is 1060. The molecule has 27 heavy (non-hydrogen) atoms. The molecule has 1 aliphatic rings. The van der Waals surface area contributed by atoms with E-state index in [1.54, 1.807) is 0 Å². The van der Waals surface area contributed by atoms with Crippen LogP contribution in [0.2, 0.25) is 0 Å². The summed E-state index contributed by atoms with van der Waals surface area (Å²) in [5.74, 6) is -0.840. The van der Waals surface area contributed by atoms with E-state index in [-0.39, 0.29) is 18.1 Å². The summed E-state index contributed by atoms with van der Waals surface area (Å²) in [7, 11) is 0. The zero-order valence-corrected chi connectivity index (χ0v) is 15.0. The molecule has 1 saturated heterocycles. The van der Waals surface area contributed by atoms with Gasteiger partial charge in [-0.2, -0.15) is 0 Å². The van der Waals surface area contributed by atoms with Crippen LogP contribution in [0.15, 0.2) is 71.7 Å². The molecule has 4 nitrogen and oxygen atoms in total. The average molecular weight is 378 g/mol. The van der Waals surface area contributed by atoms with Gasteiger partial charge in [-0.1, -0.05) is 48.2 Å². The molecule has 1 heterocycles. The number of fused-ring (bicyclic) bond motifs is 1. The van der Waals surface area contributed by atoms with Gasteiger partial charge in [0.1, 0.15) is 5.82 Å². The quantitative estimate of drug-likeness (QED) is 0.682. The molecular weight excluding hydrogens is 363 g/mol. The van der Waals surface area contributed by atoms with Crippen LogP contribution in [0, 0.1) is 5.82 Å². The summed E-state index contributed by atoms with van der Waals surface area (Å²) in [6.45, 7) is 0. The Morgan fingerprint density at radius 2 is 1.78 bits per heavy atom. The van der Waals surface area contributed by atoms with Crippen molar-refractivity contribution in [3.8, 4) is 0 Å². The lowest BCUT2D eigenvalue weighted by Gasteiger charge is -2.04. The zero-order chi connectivity index (χ0) is 18.8. The first-order valence-electron chi connectivity index (χ1n) is 8.43. The lowest BCUT2D eigenvalue weighted by Crippen LogP contribution is -2.26. The summed E-state index contributed by atoms with van der Waals surface area (Å²) >= 11 is 1.24. The number of thioether (sulfide) groups is 1. The van der Waals surface area contributed by atoms with Crippen LogP contribution in [0.1, 0.15) is 16.8 Å². The van der Waals surface area contributed by atoms with Crippen molar-refractivity contribution in [2.45, 2.75) is 11.7 Å². The molecule has 0 radical (unpaired) electrons. The number of carbonyl (C=O) groups excluding carboxylic acids is 2. The van der Waals surface area contributed by atoms with Gasteiger partial charge in [-0.25, -0.2) is 9.38 Å². The Kier molecular flexibility index (Phi) is 4.73. The van der Waals surface area contributed by atoms with Gasteiger partial charge < -0.3 is 5.32 Å². The molecule has 4 rings (SSSR count). The second-order valence-electron chi connectivity index (χ2n) is 6.15. The number of ketones is 1. The first-order valence-corrected chi connectivity index (χ1v) is 9.31. The van der Waals surface area contributed by atoms with E-state index in [1.807, 2.05) is 42.5 Å². The maximum Gasteiger partial charge on any atom is 0.240 e. The number of hydrogen-bond acceptors (Lipinski definition) is 4. The molecule has 0 saturated carbocycles. The molecule has 0 spiro atoms. The molecule has 1 N–H and O–H groups in total. The van der Waals surface area contributed by atoms with Gasteiger partial charge in [0, 0.05) is 17.4 Å². The molecule has 3 aromatic carbocycles. The summed E-state index contributed by atoms with van der Waals surface area (Å²) < 4.78 is 13.0. The normalized spacial score (nSPS) is 18.0. The van der Waals surface area contributed by atoms with Gasteiger partial charge >= 0.3 is 0 Å². The number of amidine groups is 1. The van der Waals surface area contributed by atoms with Crippen molar-refractivity contribution in [1.82, 2.24) is 5.32 Å². The highest BCUT2D eigenvalue weighted by Gasteiger charge is 2.32. The predicted octanol–water partition coefficient (Wildman–Crippen LogP) is 4.47. The summed E-state index contributed by atoms with van der Waals surface area (Å²) in [5.41, 5.74) is 1.16. The molecule has 1 amide bonds. The van der Waals surface area contributed by atoms with Gasteiger partial charge in [0.25, 0.3) is 0 Å². The van der Waals surface area contributed by atoms with Crippen LogP contribution in [-0.2, 0) is 4.79 Å². The fourth-order valence-corrected chi connectivity index (χ4v) is 3.91. The third kappa shape index (κ3) is 3.75. The standard InChI is InChI=1S/C21H15FN2O2S/c22-15-10-8-14(9-11-15)18(25)12-19-20(26)24-21(27-19)23-17-7-3-5-13-4-1-2-6-16(13)17/h1-11,19H,12H2,(H,23,24,26). The molecule has 1 atom stereocenters. The van der Waals surface area contributed by atoms with E-state index < -0.39 is 11.1 Å². The number of Topliss-reactive ketones (excluding diaryl/α,β-unsaturated/α-hetero) is 1. The number of halogens is 1. The van der Waals surface area contributed by atoms with Crippen molar-refractivity contribution < 1.29 is 14.0 Å². The molecule has 134 valence electrons. The number of nitrogens with zero attached hydrogens (tertiary/aromatic N) is 1. The largest absolute Gasteiger partial charge is 0.304 e. The highest BCUT2D eigenvalue weighted by atomic mass is 32.2. The van der Waals surface area contributed by atoms with E-state index in [0.717, 1.165) is 16.5 Å². The fraction of sp³-hybridized carbons (Fsp3) is 0.0952. The van der Waals surface area contributed by atoms with Crippen molar-refractivity contribution in [1.29, 1.82) is 0 Å². The number of amides is 1. The number of hydrogen-bond donors (Lipinski definition) is 1. The first-order chi connectivity index (χ1) is 13.1. The average Bonchev–Trinajstić information content (AvgIpc) is 3.01. The predicted molar refractivity (Wildman–Crippen MR) is 106 cm³/mol. The van der Waals surface area contributed by atoms with E-state index >= 15 is 0 Å². The Balaban J connectivity index is 1.52. The van der Waals surface area contributed by atoms with Gasteiger partial charge in [-0.15, -0.1) is 0 Å². The molecule has 6 heteroatoms. The molecule has 1 fully saturated rings. The summed E-state index contributed by atoms with van der Waals surface area (Å²) in [6.07, 6.45) is 0.0384. The molecule has 0 bridgehead atoms. The van der Waals surface area contributed by atoms with Crippen LogP contribution < -0.4 is 5.32 Å². The fourth-order valence-electron chi connectivity index (χ4n) is 2.93. The maximum absolute atomic E-state index is 13.0. The van der Waals surface area contributed by atoms with E-state index in [2.05, 4.69) is 10.3 Å². The SMILES string of the molecule is O=C(CC1SC(=Nc2cccc3ccccc23)NC1=O)c1ccc(F)cc1. The number of benzene rings is 3. The second kappa shape index (κ2) is 7.32. The van der Waals surface area contributed by atoms with Crippen LogP contribution in [0.3, 0.4) is 0 Å². The summed E-state index contributed by atoms with van der Waals surface area (Å²) in [4.78, 5) is 29.1. The minimum Gasteiger partial charge on any atom is -0.304 e. The Morgan fingerprint density at radius 1 is 1.04 bits per heavy atom. The minimum absolute atomic E-state index is 0.0384. The molecule has 1 aliphatic heterocycles. The highest BCUT2D eigenvalue weighted by molar-refractivity contribution is 8.15. The number of nitrogens with one attached hydrogen (secondary N) is 1. The summed E-state index contributed by atoms with van der Waals surface area (Å²) in [5, 5.41) is 4.74. The number of carbonyl (C=O) groups is 2. The van der Waals surface area contributed by atoms with Gasteiger partial charge in [0.15, 0.2) is 11.0 Å². The zero-order valence-electron chi connectivity index (χ0n) is 14.2. The van der Waals surface area contributed by atoms with Crippen molar-refractivity contribution in [2.24, 2.45) is 4.99 Å². The molecule has 0 aliphatic carbocycles. The van der Waals surface area contributed by atoms with Crippen molar-refractivity contribution in [3.05, 3.63) is 78.1 Å². The lowest BCUT2D eigenvalue weighted by molar-refractivity contribution is -0.118. The topological polar surface area (TPSA) is 58.5 Å². The second-order valence-corrected chi connectivity index (χ2v) is 7.34. The van der Waals surface area contributed by atoms with E-state index in [1.165, 1.54) is 36.0 Å². The van der Waals surface area contributed by atoms with E-state index in [9.17, 15) is 14.0 Å². The Hall–Kier alpha value is -2.99. The van der Waals surface area contributed by atoms with Gasteiger partial charge in [-0.05, 0) is 35.7 Å². The van der Waals surface area contributed by atoms with Gasteiger partial charge in [0.05, 0.1) is 10.9 Å². The molecule has 3 aromatic rings. The van der Waals surface area contributed by atoms with Gasteiger partial charge in [-0.3, -0.25) is 9.59 Å². The Morgan fingerprint density at radius 3 is 2.59 bits per heavy atom. The summed E-state index contributed by atoms with van der Waals surface area (Å²) in [6, 6.07) is 19.0. The van der Waals surface area contributed by atoms with Crippen LogP contribution in [0.5, 0.6) is 0 Å². The molecule has 0 aromatic heterocycles. The lowest BCUT2D eigenvalue weighted by atomic mass is 10.1. The van der Waals surface area contributed by atoms with Crippen LogP contribution in [-0.4, -0.2) is 22.1 Å². The molecular formula is C21H15FN2O2S. The van der Waals surface area contributed by atoms with E-state index in [4.69, 9.17) is 0 Å². The van der Waals surface area contributed by atoms with Crippen LogP contribution in [0.25, 0.3) is 10.8 Å². The van der Waals surface area contributed by atoms with Crippen LogP contribution in [0.4, 0.5) is 10.1 Å². The van der Waals surface area contributed by atoms with Crippen molar-refractivity contribution in [3.63, 3.8) is 0 Å². The van der Waals surface area contributed by atoms with Crippen molar-refractivity contribution >= 4 is 45.1 Å². The smallest absolute Gasteiger partial charge is 0.240 e. The highest BCUT2D eigenvalue weighted by Crippen LogP contribution is 2.30. The van der Waals surface area contributed by atoms with Crippen LogP contribution >= 0.6 is 11.8 Å². The Labute approximate surface area is 159 Å². The van der Waals surface area contributed by atoms with E-state index in [0.29, 0.717) is 10.7 Å². The van der Waals surface area contributed by atoms with Crippen molar-refractivity contribution in [2.75, 3.05) is 0 Å². The minimum atomic E-state index is -0.545.